The Morgan fingerprint density at radius 2 is 1.56 bits per heavy atom. The molecular weight excluding hydrogens is 387 g/mol. The number of nitrogens with one attached hydrogen (secondary N) is 1. The number of hydrogen-bond acceptors (Lipinski definition) is 4. The number of halogens is 2. The number of nitrogens with zero attached hydrogens (tertiary/aromatic N) is 4. The molecule has 2 amide bonds. The van der Waals surface area contributed by atoms with E-state index >= 15 is 0 Å². The van der Waals surface area contributed by atoms with Gasteiger partial charge in [0, 0.05) is 16.6 Å². The van der Waals surface area contributed by atoms with Crippen molar-refractivity contribution in [3.05, 3.63) is 69.7 Å². The lowest BCUT2D eigenvalue weighted by atomic mass is 10.2. The summed E-state index contributed by atoms with van der Waals surface area (Å²) in [6.07, 6.45) is 2.96. The topological polar surface area (TPSA) is 95.4 Å². The summed E-state index contributed by atoms with van der Waals surface area (Å²) in [6.45, 7) is 2.19. The highest BCUT2D eigenvalue weighted by Crippen LogP contribution is 2.09. The van der Waals surface area contributed by atoms with Gasteiger partial charge in [-0.25, -0.2) is 4.79 Å². The van der Waals surface area contributed by atoms with Crippen LogP contribution in [-0.2, 0) is 0 Å². The molecule has 0 radical (unpaired) electrons. The zero-order chi connectivity index (χ0) is 19.6. The first-order valence-corrected chi connectivity index (χ1v) is 8.74. The summed E-state index contributed by atoms with van der Waals surface area (Å²) >= 11 is 11.7. The molecule has 0 aromatic heterocycles. The fraction of sp³-hybridized carbons (Fsp3) is 0.111. The Morgan fingerprint density at radius 1 is 1.04 bits per heavy atom. The van der Waals surface area contributed by atoms with Crippen LogP contribution in [0.4, 0.5) is 4.79 Å². The Morgan fingerprint density at radius 3 is 2.07 bits per heavy atom. The van der Waals surface area contributed by atoms with Gasteiger partial charge >= 0.3 is 6.03 Å². The van der Waals surface area contributed by atoms with Gasteiger partial charge < -0.3 is 11.1 Å². The molecule has 2 aromatic carbocycles. The Balaban J connectivity index is 2.17. The molecule has 0 heterocycles. The second kappa shape index (κ2) is 10.3. The van der Waals surface area contributed by atoms with Crippen LogP contribution in [0.2, 0.25) is 10.0 Å². The Labute approximate surface area is 167 Å². The van der Waals surface area contributed by atoms with Gasteiger partial charge in [-0.1, -0.05) is 47.5 Å². The van der Waals surface area contributed by atoms with Crippen LogP contribution in [0.25, 0.3) is 0 Å². The predicted molar refractivity (Wildman–Crippen MR) is 111 cm³/mol. The highest BCUT2D eigenvalue weighted by atomic mass is 35.5. The third kappa shape index (κ3) is 6.73. The summed E-state index contributed by atoms with van der Waals surface area (Å²) in [5, 5.41) is 16.6. The van der Waals surface area contributed by atoms with E-state index in [1.54, 1.807) is 55.5 Å². The zero-order valence-electron chi connectivity index (χ0n) is 14.5. The molecule has 0 fully saturated rings. The second-order valence-corrected chi connectivity index (χ2v) is 6.07. The maximum atomic E-state index is 12.2. The van der Waals surface area contributed by atoms with Crippen molar-refractivity contribution in [3.8, 4) is 0 Å². The summed E-state index contributed by atoms with van der Waals surface area (Å²) < 4.78 is 0. The Kier molecular flexibility index (Phi) is 7.79. The van der Waals surface area contributed by atoms with Crippen LogP contribution in [-0.4, -0.2) is 36.0 Å². The van der Waals surface area contributed by atoms with Crippen molar-refractivity contribution in [3.63, 3.8) is 0 Å². The average molecular weight is 405 g/mol. The van der Waals surface area contributed by atoms with Gasteiger partial charge in [-0.15, -0.1) is 10.1 Å². The zero-order valence-corrected chi connectivity index (χ0v) is 16.0. The van der Waals surface area contributed by atoms with E-state index in [1.807, 2.05) is 0 Å². The van der Waals surface area contributed by atoms with Crippen molar-refractivity contribution < 1.29 is 4.79 Å². The number of carbonyl (C=O) groups excluding carboxylic acids is 1. The Bertz CT molecular complexity index is 847. The van der Waals surface area contributed by atoms with Crippen molar-refractivity contribution in [2.45, 2.75) is 6.92 Å². The quantitative estimate of drug-likeness (QED) is 0.451. The summed E-state index contributed by atoms with van der Waals surface area (Å²) in [7, 11) is 0. The monoisotopic (exact) mass is 404 g/mol. The molecule has 0 aliphatic heterocycles. The summed E-state index contributed by atoms with van der Waals surface area (Å²) in [4.78, 5) is 12.2. The maximum Gasteiger partial charge on any atom is 0.345 e. The fourth-order valence-corrected chi connectivity index (χ4v) is 2.11. The van der Waals surface area contributed by atoms with Gasteiger partial charge in [-0.3, -0.25) is 0 Å². The number of hydrazone groups is 1. The molecule has 7 nitrogen and oxygen atoms in total. The highest BCUT2D eigenvalue weighted by molar-refractivity contribution is 6.30. The number of rotatable bonds is 5. The lowest BCUT2D eigenvalue weighted by Crippen LogP contribution is -2.44. The minimum atomic E-state index is -0.523. The SMILES string of the molecule is CCNC(=O)N(/N=C/c1ccc(Cl)cc1)/C(N)=N/N=C/c1ccc(Cl)cc1. The molecule has 0 aliphatic rings. The molecular formula is C18H18Cl2N6O. The van der Waals surface area contributed by atoms with Gasteiger partial charge in [0.25, 0.3) is 0 Å². The third-order valence-electron chi connectivity index (χ3n) is 3.17. The number of hydrogen-bond donors (Lipinski definition) is 2. The van der Waals surface area contributed by atoms with Gasteiger partial charge in [0.05, 0.1) is 12.4 Å². The number of nitrogens with two attached hydrogens (primary N) is 1. The first-order chi connectivity index (χ1) is 13.0. The molecule has 0 unspecified atom stereocenters. The molecule has 0 saturated heterocycles. The van der Waals surface area contributed by atoms with Gasteiger partial charge in [0.1, 0.15) is 0 Å². The smallest absolute Gasteiger partial charge is 0.345 e. The van der Waals surface area contributed by atoms with Crippen molar-refractivity contribution >= 4 is 47.6 Å². The summed E-state index contributed by atoms with van der Waals surface area (Å²) in [6, 6.07) is 13.4. The molecule has 0 aliphatic carbocycles. The fourth-order valence-electron chi connectivity index (χ4n) is 1.86. The number of carbonyl (C=O) groups is 1. The van der Waals surface area contributed by atoms with E-state index in [-0.39, 0.29) is 5.96 Å². The van der Waals surface area contributed by atoms with Crippen molar-refractivity contribution in [2.24, 2.45) is 21.0 Å². The van der Waals surface area contributed by atoms with E-state index in [9.17, 15) is 4.79 Å². The van der Waals surface area contributed by atoms with E-state index in [1.165, 1.54) is 12.4 Å². The Hall–Kier alpha value is -2.90. The van der Waals surface area contributed by atoms with Crippen molar-refractivity contribution in [1.82, 2.24) is 10.3 Å². The molecule has 0 atom stereocenters. The van der Waals surface area contributed by atoms with Crippen molar-refractivity contribution in [2.75, 3.05) is 6.54 Å². The number of amides is 2. The van der Waals surface area contributed by atoms with Crippen LogP contribution in [0.3, 0.4) is 0 Å². The van der Waals surface area contributed by atoms with E-state index in [2.05, 4.69) is 20.6 Å². The van der Waals surface area contributed by atoms with E-state index in [0.717, 1.165) is 16.1 Å². The van der Waals surface area contributed by atoms with Gasteiger partial charge in [-0.05, 0) is 42.3 Å². The number of guanidine groups is 1. The third-order valence-corrected chi connectivity index (χ3v) is 3.67. The van der Waals surface area contributed by atoms with Gasteiger partial charge in [-0.2, -0.15) is 10.2 Å². The first kappa shape index (κ1) is 20.4. The van der Waals surface area contributed by atoms with Crippen LogP contribution in [0.5, 0.6) is 0 Å². The lowest BCUT2D eigenvalue weighted by molar-refractivity contribution is 0.222. The molecule has 2 aromatic rings. The van der Waals surface area contributed by atoms with E-state index in [0.29, 0.717) is 16.6 Å². The van der Waals surface area contributed by atoms with Gasteiger partial charge in [0.15, 0.2) is 0 Å². The molecule has 0 saturated carbocycles. The minimum Gasteiger partial charge on any atom is -0.366 e. The molecule has 2 rings (SSSR count). The molecule has 0 spiro atoms. The lowest BCUT2D eigenvalue weighted by Gasteiger charge is -2.15. The average Bonchev–Trinajstić information content (AvgIpc) is 2.65. The second-order valence-electron chi connectivity index (χ2n) is 5.20. The molecule has 3 N–H and O–H groups in total. The highest BCUT2D eigenvalue weighted by Gasteiger charge is 2.15. The van der Waals surface area contributed by atoms with Crippen LogP contribution in [0.15, 0.2) is 63.8 Å². The van der Waals surface area contributed by atoms with E-state index in [4.69, 9.17) is 28.9 Å². The predicted octanol–water partition coefficient (Wildman–Crippen LogP) is 3.71. The number of urea groups is 1. The maximum absolute atomic E-state index is 12.2. The molecule has 9 heteroatoms. The van der Waals surface area contributed by atoms with Crippen LogP contribution in [0.1, 0.15) is 18.1 Å². The van der Waals surface area contributed by atoms with Crippen LogP contribution >= 0.6 is 23.2 Å². The summed E-state index contributed by atoms with van der Waals surface area (Å²) in [5.41, 5.74) is 7.40. The van der Waals surface area contributed by atoms with Crippen LogP contribution in [0, 0.1) is 0 Å². The standard InChI is InChI=1S/C18H18Cl2N6O/c1-2-22-18(27)26(24-12-14-5-9-16(20)10-6-14)17(21)25-23-11-13-3-7-15(19)8-4-13/h3-12H,2H2,1H3,(H2,21,25)(H,22,27)/b23-11+,24-12+. The molecule has 27 heavy (non-hydrogen) atoms. The first-order valence-electron chi connectivity index (χ1n) is 7.99. The normalized spacial score (nSPS) is 11.9. The number of benzene rings is 2. The van der Waals surface area contributed by atoms with Crippen molar-refractivity contribution in [1.29, 1.82) is 0 Å². The minimum absolute atomic E-state index is 0.184. The summed E-state index contributed by atoms with van der Waals surface area (Å²) in [5.74, 6) is -0.184. The van der Waals surface area contributed by atoms with Gasteiger partial charge in [0.2, 0.25) is 5.96 Å². The van der Waals surface area contributed by atoms with E-state index < -0.39 is 6.03 Å². The largest absolute Gasteiger partial charge is 0.366 e. The molecule has 0 bridgehead atoms. The molecule has 140 valence electrons. The van der Waals surface area contributed by atoms with Crippen LogP contribution < -0.4 is 11.1 Å².